The summed E-state index contributed by atoms with van der Waals surface area (Å²) in [4.78, 5) is 12.9. The van der Waals surface area contributed by atoms with Crippen molar-refractivity contribution in [2.75, 3.05) is 19.7 Å². The molecule has 0 aromatic heterocycles. The number of alkyl halides is 3. The van der Waals surface area contributed by atoms with Crippen molar-refractivity contribution in [1.82, 2.24) is 4.90 Å². The number of hydrogen-bond acceptors (Lipinski definition) is 2. The van der Waals surface area contributed by atoms with Crippen LogP contribution in [0, 0.1) is 12.3 Å². The van der Waals surface area contributed by atoms with Crippen molar-refractivity contribution in [3.8, 4) is 5.75 Å². The highest BCUT2D eigenvalue weighted by atomic mass is 19.4. The monoisotopic (exact) mass is 317 g/mol. The maximum Gasteiger partial charge on any atom is 0.406 e. The Hall–Kier alpha value is -1.72. The first-order valence-electron chi connectivity index (χ1n) is 7.01. The van der Waals surface area contributed by atoms with E-state index in [2.05, 4.69) is 0 Å². The van der Waals surface area contributed by atoms with Crippen molar-refractivity contribution in [1.29, 1.82) is 0 Å². The summed E-state index contributed by atoms with van der Waals surface area (Å²) in [5.74, 6) is -0.172. The van der Waals surface area contributed by atoms with Crippen molar-refractivity contribution < 1.29 is 22.7 Å². The molecule has 0 N–H and O–H groups in total. The standard InChI is InChI=1S/C16H22F3NO2/c1-12-7-5-6-8-13(12)22-9-14(21)20(10-15(2,3)4)11-16(17,18)19/h5-8H,9-11H2,1-4H3. The lowest BCUT2D eigenvalue weighted by Crippen LogP contribution is -2.45. The Labute approximate surface area is 129 Å². The summed E-state index contributed by atoms with van der Waals surface area (Å²) in [6, 6.07) is 7.05. The molecule has 0 bridgehead atoms. The number of rotatable bonds is 5. The summed E-state index contributed by atoms with van der Waals surface area (Å²) in [6.45, 7) is 5.51. The number of carbonyl (C=O) groups is 1. The molecular formula is C16H22F3NO2. The van der Waals surface area contributed by atoms with E-state index in [1.54, 1.807) is 32.9 Å². The van der Waals surface area contributed by atoms with E-state index in [-0.39, 0.29) is 6.54 Å². The van der Waals surface area contributed by atoms with Crippen molar-refractivity contribution in [2.24, 2.45) is 5.41 Å². The molecule has 0 radical (unpaired) electrons. The van der Waals surface area contributed by atoms with Crippen LogP contribution >= 0.6 is 0 Å². The molecule has 0 saturated heterocycles. The smallest absolute Gasteiger partial charge is 0.406 e. The van der Waals surface area contributed by atoms with Gasteiger partial charge in [-0.1, -0.05) is 39.0 Å². The first-order valence-corrected chi connectivity index (χ1v) is 7.01. The van der Waals surface area contributed by atoms with Crippen LogP contribution in [0.15, 0.2) is 24.3 Å². The highest BCUT2D eigenvalue weighted by Crippen LogP contribution is 2.22. The van der Waals surface area contributed by atoms with E-state index >= 15 is 0 Å². The van der Waals surface area contributed by atoms with Gasteiger partial charge in [0, 0.05) is 6.54 Å². The Balaban J connectivity index is 2.73. The predicted octanol–water partition coefficient (Wildman–Crippen LogP) is 3.81. The fourth-order valence-electron chi connectivity index (χ4n) is 1.97. The molecule has 1 aromatic rings. The molecule has 0 spiro atoms. The van der Waals surface area contributed by atoms with Gasteiger partial charge in [0.1, 0.15) is 12.3 Å². The number of para-hydroxylation sites is 1. The van der Waals surface area contributed by atoms with E-state index < -0.39 is 30.7 Å². The SMILES string of the molecule is Cc1ccccc1OCC(=O)N(CC(C)(C)C)CC(F)(F)F. The van der Waals surface area contributed by atoms with Gasteiger partial charge in [0.05, 0.1) is 0 Å². The van der Waals surface area contributed by atoms with Gasteiger partial charge in [-0.2, -0.15) is 13.2 Å². The lowest BCUT2D eigenvalue weighted by Gasteiger charge is -2.30. The normalized spacial score (nSPS) is 12.1. The summed E-state index contributed by atoms with van der Waals surface area (Å²) < 4.78 is 43.3. The zero-order chi connectivity index (χ0) is 17.0. The quantitative estimate of drug-likeness (QED) is 0.826. The van der Waals surface area contributed by atoms with Crippen LogP contribution in [-0.2, 0) is 4.79 Å². The minimum absolute atomic E-state index is 0.0163. The number of carbonyl (C=O) groups excluding carboxylic acids is 1. The Morgan fingerprint density at radius 3 is 2.23 bits per heavy atom. The van der Waals surface area contributed by atoms with Crippen LogP contribution < -0.4 is 4.74 Å². The van der Waals surface area contributed by atoms with E-state index in [1.165, 1.54) is 0 Å². The summed E-state index contributed by atoms with van der Waals surface area (Å²) in [7, 11) is 0. The van der Waals surface area contributed by atoms with Crippen LogP contribution in [0.25, 0.3) is 0 Å². The van der Waals surface area contributed by atoms with Crippen molar-refractivity contribution in [3.05, 3.63) is 29.8 Å². The van der Waals surface area contributed by atoms with E-state index in [0.29, 0.717) is 5.75 Å². The third-order valence-electron chi connectivity index (χ3n) is 2.83. The Morgan fingerprint density at radius 2 is 1.73 bits per heavy atom. The molecule has 1 amide bonds. The Morgan fingerprint density at radius 1 is 1.14 bits per heavy atom. The van der Waals surface area contributed by atoms with Crippen LogP contribution in [-0.4, -0.2) is 36.7 Å². The minimum atomic E-state index is -4.43. The molecule has 6 heteroatoms. The molecular weight excluding hydrogens is 295 g/mol. The second kappa shape index (κ2) is 7.03. The molecule has 0 fully saturated rings. The Kier molecular flexibility index (Phi) is 5.85. The largest absolute Gasteiger partial charge is 0.484 e. The molecule has 3 nitrogen and oxygen atoms in total. The van der Waals surface area contributed by atoms with Crippen LogP contribution in [0.1, 0.15) is 26.3 Å². The molecule has 1 aromatic carbocycles. The second-order valence-electron chi connectivity index (χ2n) is 6.48. The van der Waals surface area contributed by atoms with Gasteiger partial charge in [-0.05, 0) is 24.0 Å². The molecule has 0 atom stereocenters. The van der Waals surface area contributed by atoms with E-state index in [1.807, 2.05) is 19.1 Å². The van der Waals surface area contributed by atoms with Gasteiger partial charge in [-0.15, -0.1) is 0 Å². The highest BCUT2D eigenvalue weighted by Gasteiger charge is 2.34. The van der Waals surface area contributed by atoms with Gasteiger partial charge in [-0.3, -0.25) is 4.79 Å². The van der Waals surface area contributed by atoms with Crippen molar-refractivity contribution in [3.63, 3.8) is 0 Å². The van der Waals surface area contributed by atoms with Crippen LogP contribution in [0.2, 0.25) is 0 Å². The number of amides is 1. The molecule has 124 valence electrons. The summed E-state index contributed by atoms with van der Waals surface area (Å²) in [5, 5.41) is 0. The van der Waals surface area contributed by atoms with Crippen LogP contribution in [0.3, 0.4) is 0 Å². The van der Waals surface area contributed by atoms with Crippen LogP contribution in [0.4, 0.5) is 13.2 Å². The van der Waals surface area contributed by atoms with E-state index in [0.717, 1.165) is 10.5 Å². The summed E-state index contributed by atoms with van der Waals surface area (Å²) >= 11 is 0. The van der Waals surface area contributed by atoms with E-state index in [9.17, 15) is 18.0 Å². The van der Waals surface area contributed by atoms with Crippen molar-refractivity contribution >= 4 is 5.91 Å². The van der Waals surface area contributed by atoms with Gasteiger partial charge in [0.2, 0.25) is 0 Å². The number of halogens is 3. The van der Waals surface area contributed by atoms with Gasteiger partial charge < -0.3 is 9.64 Å². The number of aryl methyl sites for hydroxylation is 1. The molecule has 0 aliphatic rings. The number of nitrogens with zero attached hydrogens (tertiary/aromatic N) is 1. The molecule has 0 unspecified atom stereocenters. The third-order valence-corrected chi connectivity index (χ3v) is 2.83. The number of hydrogen-bond donors (Lipinski definition) is 0. The van der Waals surface area contributed by atoms with Gasteiger partial charge in [-0.25, -0.2) is 0 Å². The lowest BCUT2D eigenvalue weighted by atomic mass is 9.96. The van der Waals surface area contributed by atoms with Gasteiger partial charge >= 0.3 is 6.18 Å². The van der Waals surface area contributed by atoms with Gasteiger partial charge in [0.15, 0.2) is 6.61 Å². The number of benzene rings is 1. The predicted molar refractivity (Wildman–Crippen MR) is 78.8 cm³/mol. The summed E-state index contributed by atoms with van der Waals surface area (Å²) in [5.41, 5.74) is 0.400. The number of ether oxygens (including phenoxy) is 1. The average molecular weight is 317 g/mol. The second-order valence-corrected chi connectivity index (χ2v) is 6.48. The lowest BCUT2D eigenvalue weighted by molar-refractivity contribution is -0.164. The first kappa shape index (κ1) is 18.3. The zero-order valence-electron chi connectivity index (χ0n) is 13.3. The molecule has 0 saturated carbocycles. The average Bonchev–Trinajstić information content (AvgIpc) is 2.33. The van der Waals surface area contributed by atoms with E-state index in [4.69, 9.17) is 4.74 Å². The maximum absolute atomic E-state index is 12.6. The molecule has 0 heterocycles. The molecule has 0 aliphatic heterocycles. The highest BCUT2D eigenvalue weighted by molar-refractivity contribution is 5.78. The molecule has 0 aliphatic carbocycles. The maximum atomic E-state index is 12.6. The first-order chi connectivity index (χ1) is 9.98. The fourth-order valence-corrected chi connectivity index (χ4v) is 1.97. The fraction of sp³-hybridized carbons (Fsp3) is 0.562. The van der Waals surface area contributed by atoms with Gasteiger partial charge in [0.25, 0.3) is 5.91 Å². The topological polar surface area (TPSA) is 29.5 Å². The Bertz CT molecular complexity index is 491. The minimum Gasteiger partial charge on any atom is -0.484 e. The van der Waals surface area contributed by atoms with Crippen LogP contribution in [0.5, 0.6) is 5.75 Å². The molecule has 1 rings (SSSR count). The van der Waals surface area contributed by atoms with Crippen molar-refractivity contribution in [2.45, 2.75) is 33.9 Å². The third kappa shape index (κ3) is 6.83. The zero-order valence-corrected chi connectivity index (χ0v) is 13.3. The summed E-state index contributed by atoms with van der Waals surface area (Å²) in [6.07, 6.45) is -4.43. The molecule has 22 heavy (non-hydrogen) atoms.